The van der Waals surface area contributed by atoms with Gasteiger partial charge < -0.3 is 14.8 Å². The normalized spacial score (nSPS) is 40.7. The molecular formula is C14H26N2O2. The summed E-state index contributed by atoms with van der Waals surface area (Å²) in [6.07, 6.45) is 5.90. The van der Waals surface area contributed by atoms with Gasteiger partial charge in [0.1, 0.15) is 0 Å². The molecule has 1 aliphatic carbocycles. The fourth-order valence-electron chi connectivity index (χ4n) is 4.02. The van der Waals surface area contributed by atoms with Crippen LogP contribution >= 0.6 is 0 Å². The molecule has 3 atom stereocenters. The fraction of sp³-hybridized carbons (Fsp3) is 1.00. The lowest BCUT2D eigenvalue weighted by atomic mass is 9.84. The smallest absolute Gasteiger partial charge is 0.170 e. The highest BCUT2D eigenvalue weighted by Gasteiger charge is 2.47. The first-order valence-corrected chi connectivity index (χ1v) is 7.45. The molecule has 4 heteroatoms. The highest BCUT2D eigenvalue weighted by Crippen LogP contribution is 2.39. The summed E-state index contributed by atoms with van der Waals surface area (Å²) in [6.45, 7) is 5.14. The molecule has 0 aromatic heterocycles. The van der Waals surface area contributed by atoms with E-state index in [0.29, 0.717) is 18.1 Å². The molecule has 3 rings (SSSR count). The van der Waals surface area contributed by atoms with Gasteiger partial charge in [-0.3, -0.25) is 4.90 Å². The van der Waals surface area contributed by atoms with Crippen molar-refractivity contribution in [2.45, 2.75) is 62.9 Å². The Morgan fingerprint density at radius 3 is 2.61 bits per heavy atom. The lowest BCUT2D eigenvalue weighted by Gasteiger charge is -2.46. The number of nitrogens with one attached hydrogen (secondary N) is 1. The molecule has 1 spiro atoms. The van der Waals surface area contributed by atoms with E-state index >= 15 is 0 Å². The van der Waals surface area contributed by atoms with Crippen LogP contribution in [0, 0.1) is 0 Å². The third-order valence-electron chi connectivity index (χ3n) is 5.04. The Balaban J connectivity index is 1.75. The molecule has 0 aromatic rings. The Bertz CT molecular complexity index is 292. The van der Waals surface area contributed by atoms with Gasteiger partial charge >= 0.3 is 0 Å². The molecule has 0 bridgehead atoms. The van der Waals surface area contributed by atoms with E-state index < -0.39 is 0 Å². The van der Waals surface area contributed by atoms with Crippen molar-refractivity contribution < 1.29 is 9.47 Å². The summed E-state index contributed by atoms with van der Waals surface area (Å²) in [5.41, 5.74) is 0. The molecule has 18 heavy (non-hydrogen) atoms. The topological polar surface area (TPSA) is 33.7 Å². The van der Waals surface area contributed by atoms with Gasteiger partial charge in [0.15, 0.2) is 5.79 Å². The summed E-state index contributed by atoms with van der Waals surface area (Å²) in [5.74, 6) is -0.264. The second kappa shape index (κ2) is 5.08. The highest BCUT2D eigenvalue weighted by atomic mass is 16.7. The summed E-state index contributed by atoms with van der Waals surface area (Å²) in [6, 6.07) is 1.87. The molecule has 3 fully saturated rings. The van der Waals surface area contributed by atoms with Crippen LogP contribution in [-0.4, -0.2) is 55.6 Å². The Hall–Kier alpha value is -0.160. The van der Waals surface area contributed by atoms with Gasteiger partial charge in [-0.2, -0.15) is 0 Å². The van der Waals surface area contributed by atoms with Crippen LogP contribution in [0.15, 0.2) is 0 Å². The molecule has 2 saturated heterocycles. The van der Waals surface area contributed by atoms with Crippen molar-refractivity contribution in [3.63, 3.8) is 0 Å². The molecule has 0 aromatic carbocycles. The summed E-state index contributed by atoms with van der Waals surface area (Å²) in [4.78, 5) is 2.67. The van der Waals surface area contributed by atoms with Crippen LogP contribution in [0.2, 0.25) is 0 Å². The lowest BCUT2D eigenvalue weighted by molar-refractivity contribution is -0.193. The van der Waals surface area contributed by atoms with Crippen LogP contribution in [-0.2, 0) is 9.47 Å². The lowest BCUT2D eigenvalue weighted by Crippen LogP contribution is -2.57. The first-order valence-electron chi connectivity index (χ1n) is 7.45. The number of nitrogens with zero attached hydrogens (tertiary/aromatic N) is 1. The van der Waals surface area contributed by atoms with E-state index in [1.807, 2.05) is 0 Å². The first kappa shape index (κ1) is 12.9. The van der Waals surface area contributed by atoms with Gasteiger partial charge in [-0.1, -0.05) is 0 Å². The zero-order valence-corrected chi connectivity index (χ0v) is 11.7. The second-order valence-electron chi connectivity index (χ2n) is 6.04. The quantitative estimate of drug-likeness (QED) is 0.806. The Morgan fingerprint density at radius 1 is 1.22 bits per heavy atom. The minimum atomic E-state index is -0.264. The standard InChI is InChI=1S/C14H26N2O2/c1-11-4-3-7-16(11)13-10-14(17-8-9-18-14)6-5-12(13)15-2/h11-13,15H,3-10H2,1-2H3. The number of hydrogen-bond acceptors (Lipinski definition) is 4. The van der Waals surface area contributed by atoms with E-state index in [0.717, 1.165) is 32.5 Å². The first-order chi connectivity index (χ1) is 8.74. The van der Waals surface area contributed by atoms with Crippen molar-refractivity contribution in [2.24, 2.45) is 0 Å². The molecule has 4 nitrogen and oxygen atoms in total. The van der Waals surface area contributed by atoms with Crippen molar-refractivity contribution in [1.29, 1.82) is 0 Å². The minimum Gasteiger partial charge on any atom is -0.347 e. The molecule has 1 saturated carbocycles. The average Bonchev–Trinajstić information content (AvgIpc) is 2.99. The second-order valence-corrected chi connectivity index (χ2v) is 6.04. The number of likely N-dealkylation sites (tertiary alicyclic amines) is 1. The van der Waals surface area contributed by atoms with Crippen LogP contribution in [0.25, 0.3) is 0 Å². The minimum absolute atomic E-state index is 0.264. The van der Waals surface area contributed by atoms with Crippen molar-refractivity contribution in [2.75, 3.05) is 26.8 Å². The summed E-state index contributed by atoms with van der Waals surface area (Å²) in [7, 11) is 2.09. The van der Waals surface area contributed by atoms with Gasteiger partial charge in [-0.25, -0.2) is 0 Å². The molecule has 0 amide bonds. The van der Waals surface area contributed by atoms with Crippen molar-refractivity contribution >= 4 is 0 Å². The van der Waals surface area contributed by atoms with Crippen LogP contribution in [0.1, 0.15) is 39.0 Å². The number of likely N-dealkylation sites (N-methyl/N-ethyl adjacent to an activating group) is 1. The van der Waals surface area contributed by atoms with E-state index in [4.69, 9.17) is 9.47 Å². The maximum atomic E-state index is 5.92. The molecule has 104 valence electrons. The summed E-state index contributed by atoms with van der Waals surface area (Å²) in [5, 5.41) is 3.51. The third kappa shape index (κ3) is 2.20. The Morgan fingerprint density at radius 2 is 2.00 bits per heavy atom. The predicted molar refractivity (Wildman–Crippen MR) is 70.5 cm³/mol. The predicted octanol–water partition coefficient (Wildman–Crippen LogP) is 1.35. The Labute approximate surface area is 110 Å². The monoisotopic (exact) mass is 254 g/mol. The van der Waals surface area contributed by atoms with Crippen LogP contribution in [0.5, 0.6) is 0 Å². The van der Waals surface area contributed by atoms with Gasteiger partial charge in [-0.05, 0) is 39.8 Å². The van der Waals surface area contributed by atoms with Crippen LogP contribution in [0.4, 0.5) is 0 Å². The highest BCUT2D eigenvalue weighted by molar-refractivity contribution is 4.98. The van der Waals surface area contributed by atoms with Crippen LogP contribution < -0.4 is 5.32 Å². The van der Waals surface area contributed by atoms with Crippen molar-refractivity contribution in [3.8, 4) is 0 Å². The van der Waals surface area contributed by atoms with Gasteiger partial charge in [0.2, 0.25) is 0 Å². The molecule has 3 unspecified atom stereocenters. The summed E-state index contributed by atoms with van der Waals surface area (Å²) >= 11 is 0. The zero-order valence-electron chi connectivity index (χ0n) is 11.7. The zero-order chi connectivity index (χ0) is 12.6. The Kier molecular flexibility index (Phi) is 3.63. The van der Waals surface area contributed by atoms with E-state index in [1.54, 1.807) is 0 Å². The molecule has 1 N–H and O–H groups in total. The molecular weight excluding hydrogens is 228 g/mol. The van der Waals surface area contributed by atoms with Gasteiger partial charge in [0, 0.05) is 31.0 Å². The van der Waals surface area contributed by atoms with Crippen molar-refractivity contribution in [3.05, 3.63) is 0 Å². The number of hydrogen-bond donors (Lipinski definition) is 1. The molecule has 2 heterocycles. The van der Waals surface area contributed by atoms with Gasteiger partial charge in [-0.15, -0.1) is 0 Å². The third-order valence-corrected chi connectivity index (χ3v) is 5.04. The van der Waals surface area contributed by atoms with Gasteiger partial charge in [0.25, 0.3) is 0 Å². The van der Waals surface area contributed by atoms with E-state index in [2.05, 4.69) is 24.2 Å². The largest absolute Gasteiger partial charge is 0.347 e. The average molecular weight is 254 g/mol. The maximum Gasteiger partial charge on any atom is 0.170 e. The maximum absolute atomic E-state index is 5.92. The van der Waals surface area contributed by atoms with Crippen LogP contribution in [0.3, 0.4) is 0 Å². The van der Waals surface area contributed by atoms with E-state index in [1.165, 1.54) is 19.4 Å². The molecule has 3 aliphatic rings. The van der Waals surface area contributed by atoms with Crippen molar-refractivity contribution in [1.82, 2.24) is 10.2 Å². The van der Waals surface area contributed by atoms with E-state index in [-0.39, 0.29) is 5.79 Å². The van der Waals surface area contributed by atoms with Gasteiger partial charge in [0.05, 0.1) is 13.2 Å². The molecule has 0 radical (unpaired) electrons. The summed E-state index contributed by atoms with van der Waals surface area (Å²) < 4.78 is 11.8. The fourth-order valence-corrected chi connectivity index (χ4v) is 4.02. The SMILES string of the molecule is CNC1CCC2(CC1N1CCCC1C)OCCO2. The number of ether oxygens (including phenoxy) is 2. The molecule has 2 aliphatic heterocycles. The number of rotatable bonds is 2. The van der Waals surface area contributed by atoms with E-state index in [9.17, 15) is 0 Å².